The van der Waals surface area contributed by atoms with Crippen LogP contribution in [-0.2, 0) is 16.6 Å². The van der Waals surface area contributed by atoms with Crippen LogP contribution in [0.5, 0.6) is 0 Å². The van der Waals surface area contributed by atoms with Crippen LogP contribution >= 0.6 is 0 Å². The first kappa shape index (κ1) is 15.5. The number of nitrogens with zero attached hydrogens (tertiary/aromatic N) is 3. The zero-order valence-corrected chi connectivity index (χ0v) is 13.1. The Kier molecular flexibility index (Phi) is 4.34. The first-order chi connectivity index (χ1) is 9.82. The highest BCUT2D eigenvalue weighted by atomic mass is 16.4. The first-order valence-corrected chi connectivity index (χ1v) is 7.34. The van der Waals surface area contributed by atoms with Crippen molar-refractivity contribution in [3.8, 4) is 0 Å². The van der Waals surface area contributed by atoms with Gasteiger partial charge in [0.15, 0.2) is 0 Å². The summed E-state index contributed by atoms with van der Waals surface area (Å²) in [5.41, 5.74) is 2.88. The van der Waals surface area contributed by atoms with Gasteiger partial charge in [0.2, 0.25) is 5.91 Å². The lowest BCUT2D eigenvalue weighted by Gasteiger charge is -2.32. The Morgan fingerprint density at radius 3 is 2.29 bits per heavy atom. The molecule has 1 aliphatic rings. The summed E-state index contributed by atoms with van der Waals surface area (Å²) < 4.78 is 1.80. The number of piperidine rings is 1. The second-order valence-electron chi connectivity index (χ2n) is 5.87. The number of aryl methyl sites for hydroxylation is 2. The largest absolute Gasteiger partial charge is 0.481 e. The van der Waals surface area contributed by atoms with E-state index in [0.717, 1.165) is 17.0 Å². The van der Waals surface area contributed by atoms with E-state index >= 15 is 0 Å². The molecular formula is C15H23N3O3. The molecule has 1 N–H and O–H groups in total. The topological polar surface area (TPSA) is 75.4 Å². The van der Waals surface area contributed by atoms with Crippen LogP contribution in [0.1, 0.15) is 42.6 Å². The van der Waals surface area contributed by atoms with Crippen molar-refractivity contribution in [2.24, 2.45) is 13.0 Å². The Hall–Kier alpha value is -1.85. The zero-order chi connectivity index (χ0) is 15.7. The van der Waals surface area contributed by atoms with Gasteiger partial charge in [0.05, 0.1) is 17.5 Å². The minimum absolute atomic E-state index is 0.0676. The van der Waals surface area contributed by atoms with Crippen LogP contribution in [0.3, 0.4) is 0 Å². The van der Waals surface area contributed by atoms with Gasteiger partial charge in [-0.15, -0.1) is 0 Å². The van der Waals surface area contributed by atoms with Crippen molar-refractivity contribution >= 4 is 11.9 Å². The van der Waals surface area contributed by atoms with Crippen LogP contribution in [0, 0.1) is 19.8 Å². The second kappa shape index (κ2) is 5.87. The van der Waals surface area contributed by atoms with Crippen molar-refractivity contribution in [2.45, 2.75) is 39.5 Å². The summed E-state index contributed by atoms with van der Waals surface area (Å²) in [6, 6.07) is 0. The van der Waals surface area contributed by atoms with Gasteiger partial charge in [0.1, 0.15) is 0 Å². The van der Waals surface area contributed by atoms with E-state index in [1.54, 1.807) is 9.58 Å². The lowest BCUT2D eigenvalue weighted by atomic mass is 9.93. The maximum absolute atomic E-state index is 12.6. The Balaban J connectivity index is 2.08. The van der Waals surface area contributed by atoms with Gasteiger partial charge in [-0.1, -0.05) is 0 Å². The molecular weight excluding hydrogens is 270 g/mol. The molecule has 1 amide bonds. The molecule has 1 aromatic heterocycles. The number of aliphatic carboxylic acids is 1. The van der Waals surface area contributed by atoms with E-state index in [9.17, 15) is 9.59 Å². The SMILES string of the molecule is Cc1nn(C)c(C)c1C(C)C(=O)N1CCC(C(=O)O)CC1. The molecule has 6 heteroatoms. The Labute approximate surface area is 124 Å². The summed E-state index contributed by atoms with van der Waals surface area (Å²) in [5.74, 6) is -1.24. The van der Waals surface area contributed by atoms with Gasteiger partial charge in [-0.2, -0.15) is 5.10 Å². The van der Waals surface area contributed by atoms with Gasteiger partial charge >= 0.3 is 5.97 Å². The number of carboxylic acids is 1. The molecule has 0 bridgehead atoms. The molecule has 0 radical (unpaired) electrons. The van der Waals surface area contributed by atoms with Gasteiger partial charge in [-0.25, -0.2) is 0 Å². The van der Waals surface area contributed by atoms with E-state index in [-0.39, 0.29) is 17.7 Å². The molecule has 116 valence electrons. The van der Waals surface area contributed by atoms with Crippen LogP contribution in [-0.4, -0.2) is 44.8 Å². The highest BCUT2D eigenvalue weighted by molar-refractivity contribution is 5.84. The normalized spacial score (nSPS) is 17.8. The quantitative estimate of drug-likeness (QED) is 0.915. The smallest absolute Gasteiger partial charge is 0.306 e. The summed E-state index contributed by atoms with van der Waals surface area (Å²) in [7, 11) is 1.88. The third kappa shape index (κ3) is 2.94. The predicted octanol–water partition coefficient (Wildman–Crippen LogP) is 1.46. The van der Waals surface area contributed by atoms with Gasteiger partial charge in [0.25, 0.3) is 0 Å². The number of hydrogen-bond acceptors (Lipinski definition) is 3. The highest BCUT2D eigenvalue weighted by Gasteiger charge is 2.31. The molecule has 0 saturated carbocycles. The van der Waals surface area contributed by atoms with Gasteiger partial charge in [-0.3, -0.25) is 14.3 Å². The third-order valence-corrected chi connectivity index (χ3v) is 4.52. The van der Waals surface area contributed by atoms with Crippen molar-refractivity contribution in [1.82, 2.24) is 14.7 Å². The number of aromatic nitrogens is 2. The van der Waals surface area contributed by atoms with E-state index in [4.69, 9.17) is 5.11 Å². The van der Waals surface area contributed by atoms with E-state index in [1.807, 2.05) is 27.8 Å². The molecule has 21 heavy (non-hydrogen) atoms. The molecule has 2 rings (SSSR count). The van der Waals surface area contributed by atoms with Crippen LogP contribution in [0.2, 0.25) is 0 Å². The number of carboxylic acid groups (broad SMARTS) is 1. The third-order valence-electron chi connectivity index (χ3n) is 4.52. The minimum Gasteiger partial charge on any atom is -0.481 e. The number of amides is 1. The van der Waals surface area contributed by atoms with Gasteiger partial charge in [-0.05, 0) is 33.6 Å². The molecule has 0 spiro atoms. The van der Waals surface area contributed by atoms with Crippen molar-refractivity contribution in [3.63, 3.8) is 0 Å². The molecule has 1 unspecified atom stereocenters. The number of carbonyl (C=O) groups is 2. The fraction of sp³-hybridized carbons (Fsp3) is 0.667. The Bertz CT molecular complexity index is 557. The fourth-order valence-corrected chi connectivity index (χ4v) is 3.16. The molecule has 1 atom stereocenters. The number of likely N-dealkylation sites (tertiary alicyclic amines) is 1. The first-order valence-electron chi connectivity index (χ1n) is 7.34. The molecule has 2 heterocycles. The van der Waals surface area contributed by atoms with E-state index in [2.05, 4.69) is 5.10 Å². The standard InChI is InChI=1S/C15H23N3O3/c1-9(13-10(2)16-17(4)11(13)3)14(19)18-7-5-12(6-8-18)15(20)21/h9,12H,5-8H2,1-4H3,(H,20,21). The average Bonchev–Trinajstić information content (AvgIpc) is 2.70. The number of carbonyl (C=O) groups excluding carboxylic acids is 1. The summed E-state index contributed by atoms with van der Waals surface area (Å²) >= 11 is 0. The van der Waals surface area contributed by atoms with Crippen LogP contribution in [0.15, 0.2) is 0 Å². The summed E-state index contributed by atoms with van der Waals surface area (Å²) in [5, 5.41) is 13.4. The summed E-state index contributed by atoms with van der Waals surface area (Å²) in [6.07, 6.45) is 1.08. The maximum atomic E-state index is 12.6. The predicted molar refractivity (Wildman–Crippen MR) is 78.0 cm³/mol. The maximum Gasteiger partial charge on any atom is 0.306 e. The number of hydrogen-bond donors (Lipinski definition) is 1. The van der Waals surface area contributed by atoms with Crippen LogP contribution < -0.4 is 0 Å². The van der Waals surface area contributed by atoms with Crippen molar-refractivity contribution in [3.05, 3.63) is 17.0 Å². The molecule has 0 aromatic carbocycles. The van der Waals surface area contributed by atoms with E-state index < -0.39 is 5.97 Å². The lowest BCUT2D eigenvalue weighted by molar-refractivity contribution is -0.146. The van der Waals surface area contributed by atoms with Crippen molar-refractivity contribution < 1.29 is 14.7 Å². The molecule has 0 aliphatic carbocycles. The molecule has 1 fully saturated rings. The Morgan fingerprint density at radius 1 is 1.29 bits per heavy atom. The highest BCUT2D eigenvalue weighted by Crippen LogP contribution is 2.27. The van der Waals surface area contributed by atoms with Gasteiger partial charge < -0.3 is 10.0 Å². The average molecular weight is 293 g/mol. The van der Waals surface area contributed by atoms with E-state index in [0.29, 0.717) is 25.9 Å². The molecule has 6 nitrogen and oxygen atoms in total. The second-order valence-corrected chi connectivity index (χ2v) is 5.87. The van der Waals surface area contributed by atoms with Gasteiger partial charge in [0, 0.05) is 31.4 Å². The monoisotopic (exact) mass is 293 g/mol. The molecule has 1 aliphatic heterocycles. The fourth-order valence-electron chi connectivity index (χ4n) is 3.16. The summed E-state index contributed by atoms with van der Waals surface area (Å²) in [4.78, 5) is 25.4. The summed E-state index contributed by atoms with van der Waals surface area (Å²) in [6.45, 7) is 6.85. The van der Waals surface area contributed by atoms with Crippen LogP contribution in [0.4, 0.5) is 0 Å². The Morgan fingerprint density at radius 2 is 1.86 bits per heavy atom. The lowest BCUT2D eigenvalue weighted by Crippen LogP contribution is -2.42. The van der Waals surface area contributed by atoms with E-state index in [1.165, 1.54) is 0 Å². The van der Waals surface area contributed by atoms with Crippen molar-refractivity contribution in [2.75, 3.05) is 13.1 Å². The molecule has 1 aromatic rings. The van der Waals surface area contributed by atoms with Crippen LogP contribution in [0.25, 0.3) is 0 Å². The minimum atomic E-state index is -0.755. The number of rotatable bonds is 3. The molecule has 1 saturated heterocycles. The van der Waals surface area contributed by atoms with Crippen molar-refractivity contribution in [1.29, 1.82) is 0 Å². The zero-order valence-electron chi connectivity index (χ0n) is 13.1.